The van der Waals surface area contributed by atoms with Crippen molar-refractivity contribution < 1.29 is 5.11 Å². The quantitative estimate of drug-likeness (QED) is 0.328. The lowest BCUT2D eigenvalue weighted by molar-refractivity contribution is 0.108. The van der Waals surface area contributed by atoms with Crippen molar-refractivity contribution in [2.75, 3.05) is 13.1 Å². The molecule has 134 valence electrons. The summed E-state index contributed by atoms with van der Waals surface area (Å²) in [6.07, 6.45) is 23.0. The Kier molecular flexibility index (Phi) is 13.0. The average Bonchev–Trinajstić information content (AvgIpc) is 3.09. The Labute approximate surface area is 143 Å². The molecule has 0 radical (unpaired) electrons. The molecule has 1 heterocycles. The van der Waals surface area contributed by atoms with Gasteiger partial charge in [0.1, 0.15) is 6.23 Å². The molecule has 0 aromatic carbocycles. The number of unbranched alkanes of at least 4 members (excludes halogenated alkanes) is 12. The lowest BCUT2D eigenvalue weighted by Gasteiger charge is -2.17. The molecule has 1 rings (SSSR count). The largest absolute Gasteiger partial charge is 0.370 e. The van der Waals surface area contributed by atoms with Crippen LogP contribution in [0.3, 0.4) is 0 Å². The highest BCUT2D eigenvalue weighted by Gasteiger charge is 2.11. The van der Waals surface area contributed by atoms with Crippen molar-refractivity contribution in [2.45, 2.75) is 96.6 Å². The van der Waals surface area contributed by atoms with E-state index in [4.69, 9.17) is 0 Å². The van der Waals surface area contributed by atoms with Crippen LogP contribution in [0.1, 0.15) is 90.4 Å². The first-order chi connectivity index (χ1) is 11.3. The van der Waals surface area contributed by atoms with Crippen molar-refractivity contribution >= 4 is 6.34 Å². The van der Waals surface area contributed by atoms with Crippen LogP contribution in [0.4, 0.5) is 0 Å². The molecule has 0 aromatic rings. The van der Waals surface area contributed by atoms with E-state index < -0.39 is 6.23 Å². The third-order valence-electron chi connectivity index (χ3n) is 4.59. The predicted molar refractivity (Wildman–Crippen MR) is 101 cm³/mol. The van der Waals surface area contributed by atoms with Gasteiger partial charge in [0.15, 0.2) is 0 Å². The standard InChI is InChI=1S/C20H38N2O/c1-2-3-4-5-6-7-8-9-10-11-12-13-14-15-16-20(23)22-18-17-21-19-22/h15-16,19-20,23H,2-14,17-18H2,1H3. The van der Waals surface area contributed by atoms with Gasteiger partial charge in [-0.05, 0) is 18.9 Å². The minimum Gasteiger partial charge on any atom is -0.370 e. The van der Waals surface area contributed by atoms with Gasteiger partial charge in [0.25, 0.3) is 0 Å². The van der Waals surface area contributed by atoms with Crippen LogP contribution in [-0.2, 0) is 0 Å². The highest BCUT2D eigenvalue weighted by molar-refractivity contribution is 5.57. The maximum atomic E-state index is 9.89. The number of hydrogen-bond donors (Lipinski definition) is 1. The number of aliphatic hydroxyl groups is 1. The highest BCUT2D eigenvalue weighted by Crippen LogP contribution is 2.12. The number of nitrogens with zero attached hydrogens (tertiary/aromatic N) is 2. The van der Waals surface area contributed by atoms with Gasteiger partial charge in [-0.1, -0.05) is 83.6 Å². The van der Waals surface area contributed by atoms with Gasteiger partial charge in [0.05, 0.1) is 12.9 Å². The Balaban J connectivity index is 1.78. The molecule has 23 heavy (non-hydrogen) atoms. The van der Waals surface area contributed by atoms with E-state index in [2.05, 4.69) is 18.0 Å². The summed E-state index contributed by atoms with van der Waals surface area (Å²) in [6, 6.07) is 0. The molecule has 3 nitrogen and oxygen atoms in total. The highest BCUT2D eigenvalue weighted by atomic mass is 16.3. The van der Waals surface area contributed by atoms with Crippen LogP contribution < -0.4 is 0 Å². The first-order valence-corrected chi connectivity index (χ1v) is 9.95. The fourth-order valence-electron chi connectivity index (χ4n) is 3.03. The van der Waals surface area contributed by atoms with Crippen molar-refractivity contribution in [3.05, 3.63) is 12.2 Å². The third-order valence-corrected chi connectivity index (χ3v) is 4.59. The summed E-state index contributed by atoms with van der Waals surface area (Å²) in [7, 11) is 0. The zero-order valence-electron chi connectivity index (χ0n) is 15.3. The molecule has 0 bridgehead atoms. The molecule has 0 amide bonds. The van der Waals surface area contributed by atoms with E-state index in [1.54, 1.807) is 6.34 Å². The summed E-state index contributed by atoms with van der Waals surface area (Å²) in [5.74, 6) is 0. The van der Waals surface area contributed by atoms with E-state index in [0.29, 0.717) is 0 Å². The second kappa shape index (κ2) is 14.7. The van der Waals surface area contributed by atoms with E-state index in [1.165, 1.54) is 77.0 Å². The summed E-state index contributed by atoms with van der Waals surface area (Å²) < 4.78 is 0. The molecule has 0 fully saturated rings. The van der Waals surface area contributed by atoms with E-state index in [-0.39, 0.29) is 0 Å². The molecule has 0 aliphatic carbocycles. The Morgan fingerprint density at radius 1 is 0.957 bits per heavy atom. The molecule has 0 saturated heterocycles. The summed E-state index contributed by atoms with van der Waals surface area (Å²) in [5.41, 5.74) is 0. The molecule has 0 spiro atoms. The van der Waals surface area contributed by atoms with Crippen LogP contribution >= 0.6 is 0 Å². The van der Waals surface area contributed by atoms with Crippen molar-refractivity contribution in [1.82, 2.24) is 4.90 Å². The lowest BCUT2D eigenvalue weighted by atomic mass is 10.0. The topological polar surface area (TPSA) is 35.8 Å². The normalized spacial score (nSPS) is 15.8. The monoisotopic (exact) mass is 322 g/mol. The van der Waals surface area contributed by atoms with Crippen LogP contribution in [0.5, 0.6) is 0 Å². The SMILES string of the molecule is CCCCCCCCCCCCCCC=CC(O)N1C=NCC1. The van der Waals surface area contributed by atoms with Crippen molar-refractivity contribution in [3.8, 4) is 0 Å². The second-order valence-corrected chi connectivity index (χ2v) is 6.78. The van der Waals surface area contributed by atoms with Crippen LogP contribution in [0.15, 0.2) is 17.1 Å². The van der Waals surface area contributed by atoms with Crippen LogP contribution in [0, 0.1) is 0 Å². The van der Waals surface area contributed by atoms with E-state index in [1.807, 2.05) is 11.0 Å². The minimum absolute atomic E-state index is 0.487. The van der Waals surface area contributed by atoms with E-state index >= 15 is 0 Å². The molecule has 0 saturated carbocycles. The molecule has 1 aliphatic rings. The molecule has 1 unspecified atom stereocenters. The van der Waals surface area contributed by atoms with Gasteiger partial charge >= 0.3 is 0 Å². The van der Waals surface area contributed by atoms with Gasteiger partial charge in [-0.3, -0.25) is 4.99 Å². The Hall–Kier alpha value is -0.830. The number of allylic oxidation sites excluding steroid dienone is 1. The second-order valence-electron chi connectivity index (χ2n) is 6.78. The smallest absolute Gasteiger partial charge is 0.146 e. The van der Waals surface area contributed by atoms with E-state index in [9.17, 15) is 5.11 Å². The molecule has 0 aromatic heterocycles. The van der Waals surface area contributed by atoms with Crippen molar-refractivity contribution in [1.29, 1.82) is 0 Å². The Morgan fingerprint density at radius 2 is 1.52 bits per heavy atom. The molecular weight excluding hydrogens is 284 g/mol. The Bertz CT molecular complexity index is 315. The van der Waals surface area contributed by atoms with Crippen molar-refractivity contribution in [2.24, 2.45) is 4.99 Å². The van der Waals surface area contributed by atoms with Crippen LogP contribution in [-0.4, -0.2) is 35.7 Å². The zero-order chi connectivity index (χ0) is 16.6. The van der Waals surface area contributed by atoms with Gasteiger partial charge in [0, 0.05) is 6.54 Å². The molecule has 3 heteroatoms. The van der Waals surface area contributed by atoms with Crippen LogP contribution in [0.2, 0.25) is 0 Å². The maximum Gasteiger partial charge on any atom is 0.146 e. The van der Waals surface area contributed by atoms with Crippen LogP contribution in [0.25, 0.3) is 0 Å². The summed E-state index contributed by atoms with van der Waals surface area (Å²) in [6.45, 7) is 3.92. The fourth-order valence-corrected chi connectivity index (χ4v) is 3.03. The van der Waals surface area contributed by atoms with Gasteiger partial charge < -0.3 is 10.0 Å². The zero-order valence-corrected chi connectivity index (χ0v) is 15.3. The Morgan fingerprint density at radius 3 is 2.04 bits per heavy atom. The van der Waals surface area contributed by atoms with Gasteiger partial charge in [-0.25, -0.2) is 0 Å². The number of aliphatic imine (C=N–C) groups is 1. The average molecular weight is 323 g/mol. The van der Waals surface area contributed by atoms with Gasteiger partial charge in [0.2, 0.25) is 0 Å². The number of aliphatic hydroxyl groups excluding tert-OH is 1. The fraction of sp³-hybridized carbons (Fsp3) is 0.850. The van der Waals surface area contributed by atoms with Gasteiger partial charge in [-0.2, -0.15) is 0 Å². The number of rotatable bonds is 15. The van der Waals surface area contributed by atoms with Crippen molar-refractivity contribution in [3.63, 3.8) is 0 Å². The molecule has 1 aliphatic heterocycles. The molecule has 1 atom stereocenters. The summed E-state index contributed by atoms with van der Waals surface area (Å²) in [5, 5.41) is 9.89. The molecular formula is C20H38N2O. The van der Waals surface area contributed by atoms with Gasteiger partial charge in [-0.15, -0.1) is 0 Å². The summed E-state index contributed by atoms with van der Waals surface area (Å²) >= 11 is 0. The first-order valence-electron chi connectivity index (χ1n) is 9.95. The maximum absolute atomic E-state index is 9.89. The summed E-state index contributed by atoms with van der Waals surface area (Å²) in [4.78, 5) is 5.98. The predicted octanol–water partition coefficient (Wildman–Crippen LogP) is 5.30. The molecule has 1 N–H and O–H groups in total. The minimum atomic E-state index is -0.487. The van der Waals surface area contributed by atoms with E-state index in [0.717, 1.165) is 19.5 Å². The first kappa shape index (κ1) is 20.2. The lowest BCUT2D eigenvalue weighted by Crippen LogP contribution is -2.30. The number of hydrogen-bond acceptors (Lipinski definition) is 3. The third kappa shape index (κ3) is 11.4.